The molecule has 2 rings (SSSR count). The molecule has 106 valence electrons. The lowest BCUT2D eigenvalue weighted by atomic mass is 10.0. The third-order valence-electron chi connectivity index (χ3n) is 3.32. The standard InChI is InChI=1S/C17H21NO2/c1-12-5-10-17(20-4)16(11-12)13(2)18-14-6-8-15(19-3)9-7-14/h5-11,13,18H,1-4H3. The zero-order valence-electron chi connectivity index (χ0n) is 12.4. The maximum absolute atomic E-state index is 5.44. The van der Waals surface area contributed by atoms with Gasteiger partial charge in [-0.25, -0.2) is 0 Å². The van der Waals surface area contributed by atoms with E-state index in [0.29, 0.717) is 0 Å². The summed E-state index contributed by atoms with van der Waals surface area (Å²) < 4.78 is 10.6. The number of ether oxygens (including phenoxy) is 2. The average Bonchev–Trinajstić information content (AvgIpc) is 2.48. The van der Waals surface area contributed by atoms with Gasteiger partial charge in [-0.2, -0.15) is 0 Å². The molecule has 3 nitrogen and oxygen atoms in total. The van der Waals surface area contributed by atoms with Gasteiger partial charge in [-0.3, -0.25) is 0 Å². The zero-order chi connectivity index (χ0) is 14.5. The van der Waals surface area contributed by atoms with Gasteiger partial charge < -0.3 is 14.8 Å². The van der Waals surface area contributed by atoms with E-state index in [1.807, 2.05) is 30.3 Å². The first-order valence-electron chi connectivity index (χ1n) is 6.69. The normalized spacial score (nSPS) is 11.8. The molecule has 20 heavy (non-hydrogen) atoms. The van der Waals surface area contributed by atoms with Crippen molar-refractivity contribution in [3.63, 3.8) is 0 Å². The fourth-order valence-corrected chi connectivity index (χ4v) is 2.21. The van der Waals surface area contributed by atoms with Crippen molar-refractivity contribution in [2.45, 2.75) is 19.9 Å². The number of nitrogens with one attached hydrogen (secondary N) is 1. The molecule has 0 spiro atoms. The number of methoxy groups -OCH3 is 2. The van der Waals surface area contributed by atoms with Crippen LogP contribution in [0.2, 0.25) is 0 Å². The first-order valence-corrected chi connectivity index (χ1v) is 6.69. The van der Waals surface area contributed by atoms with E-state index < -0.39 is 0 Å². The van der Waals surface area contributed by atoms with Crippen molar-refractivity contribution in [2.24, 2.45) is 0 Å². The number of rotatable bonds is 5. The second kappa shape index (κ2) is 6.33. The van der Waals surface area contributed by atoms with E-state index in [-0.39, 0.29) is 6.04 Å². The summed E-state index contributed by atoms with van der Waals surface area (Å²) in [6.45, 7) is 4.21. The van der Waals surface area contributed by atoms with Crippen LogP contribution in [0.1, 0.15) is 24.1 Å². The Kier molecular flexibility index (Phi) is 4.51. The Bertz CT molecular complexity index is 564. The van der Waals surface area contributed by atoms with Crippen molar-refractivity contribution in [1.29, 1.82) is 0 Å². The maximum Gasteiger partial charge on any atom is 0.124 e. The lowest BCUT2D eigenvalue weighted by molar-refractivity contribution is 0.407. The summed E-state index contributed by atoms with van der Waals surface area (Å²) in [4.78, 5) is 0. The number of hydrogen-bond acceptors (Lipinski definition) is 3. The molecule has 3 heteroatoms. The van der Waals surface area contributed by atoms with Gasteiger partial charge in [0.05, 0.1) is 20.3 Å². The molecule has 0 bridgehead atoms. The lowest BCUT2D eigenvalue weighted by Gasteiger charge is -2.19. The Morgan fingerprint density at radius 1 is 0.950 bits per heavy atom. The third-order valence-corrected chi connectivity index (χ3v) is 3.32. The molecule has 0 radical (unpaired) electrons. The second-order valence-corrected chi connectivity index (χ2v) is 4.84. The van der Waals surface area contributed by atoms with Crippen LogP contribution in [-0.2, 0) is 0 Å². The molecule has 0 saturated carbocycles. The molecule has 0 amide bonds. The molecule has 0 aliphatic carbocycles. The molecular formula is C17H21NO2. The monoisotopic (exact) mass is 271 g/mol. The molecule has 2 aromatic carbocycles. The van der Waals surface area contributed by atoms with Crippen LogP contribution in [0.15, 0.2) is 42.5 Å². The van der Waals surface area contributed by atoms with E-state index in [0.717, 1.165) is 22.7 Å². The molecule has 1 unspecified atom stereocenters. The van der Waals surface area contributed by atoms with Gasteiger partial charge in [-0.05, 0) is 44.2 Å². The fraction of sp³-hybridized carbons (Fsp3) is 0.294. The Morgan fingerprint density at radius 2 is 1.65 bits per heavy atom. The van der Waals surface area contributed by atoms with Gasteiger partial charge in [0.2, 0.25) is 0 Å². The molecule has 1 N–H and O–H groups in total. The van der Waals surface area contributed by atoms with Crippen LogP contribution in [0.25, 0.3) is 0 Å². The molecule has 2 aromatic rings. The minimum absolute atomic E-state index is 0.165. The molecule has 0 saturated heterocycles. The van der Waals surface area contributed by atoms with E-state index in [1.165, 1.54) is 5.56 Å². The minimum atomic E-state index is 0.165. The quantitative estimate of drug-likeness (QED) is 0.884. The van der Waals surface area contributed by atoms with Crippen LogP contribution in [0.5, 0.6) is 11.5 Å². The fourth-order valence-electron chi connectivity index (χ4n) is 2.21. The lowest BCUT2D eigenvalue weighted by Crippen LogP contribution is -2.08. The molecular weight excluding hydrogens is 250 g/mol. The SMILES string of the molecule is COc1ccc(NC(C)c2cc(C)ccc2OC)cc1. The zero-order valence-corrected chi connectivity index (χ0v) is 12.4. The van der Waals surface area contributed by atoms with Crippen LogP contribution in [0.4, 0.5) is 5.69 Å². The summed E-state index contributed by atoms with van der Waals surface area (Å²) in [5.41, 5.74) is 3.44. The van der Waals surface area contributed by atoms with E-state index in [2.05, 4.69) is 31.3 Å². The van der Waals surface area contributed by atoms with Crippen molar-refractivity contribution in [3.8, 4) is 11.5 Å². The van der Waals surface area contributed by atoms with E-state index in [1.54, 1.807) is 14.2 Å². The van der Waals surface area contributed by atoms with Gasteiger partial charge in [0.25, 0.3) is 0 Å². The van der Waals surface area contributed by atoms with Gasteiger partial charge in [0.15, 0.2) is 0 Å². The van der Waals surface area contributed by atoms with E-state index >= 15 is 0 Å². The maximum atomic E-state index is 5.44. The van der Waals surface area contributed by atoms with Crippen LogP contribution in [0, 0.1) is 6.92 Å². The van der Waals surface area contributed by atoms with E-state index in [9.17, 15) is 0 Å². The van der Waals surface area contributed by atoms with E-state index in [4.69, 9.17) is 9.47 Å². The molecule has 0 aliphatic rings. The van der Waals surface area contributed by atoms with Gasteiger partial charge in [0.1, 0.15) is 11.5 Å². The summed E-state index contributed by atoms with van der Waals surface area (Å²) in [5.74, 6) is 1.76. The van der Waals surface area contributed by atoms with Gasteiger partial charge in [-0.1, -0.05) is 17.7 Å². The molecule has 0 heterocycles. The summed E-state index contributed by atoms with van der Waals surface area (Å²) in [7, 11) is 3.37. The Hall–Kier alpha value is -2.16. The molecule has 1 atom stereocenters. The van der Waals surface area contributed by atoms with Crippen molar-refractivity contribution < 1.29 is 9.47 Å². The second-order valence-electron chi connectivity index (χ2n) is 4.84. The summed E-state index contributed by atoms with van der Waals surface area (Å²) in [6.07, 6.45) is 0. The number of benzene rings is 2. The van der Waals surface area contributed by atoms with Crippen LogP contribution in [0.3, 0.4) is 0 Å². The third kappa shape index (κ3) is 3.23. The predicted molar refractivity (Wildman–Crippen MR) is 82.8 cm³/mol. The Morgan fingerprint density at radius 3 is 2.25 bits per heavy atom. The molecule has 0 fully saturated rings. The highest BCUT2D eigenvalue weighted by Gasteiger charge is 2.11. The van der Waals surface area contributed by atoms with Crippen molar-refractivity contribution >= 4 is 5.69 Å². The highest BCUT2D eigenvalue weighted by Crippen LogP contribution is 2.29. The summed E-state index contributed by atoms with van der Waals surface area (Å²) in [6, 6.07) is 14.3. The predicted octanol–water partition coefficient (Wildman–Crippen LogP) is 4.19. The average molecular weight is 271 g/mol. The summed E-state index contributed by atoms with van der Waals surface area (Å²) >= 11 is 0. The first-order chi connectivity index (χ1) is 9.63. The van der Waals surface area contributed by atoms with Crippen LogP contribution in [-0.4, -0.2) is 14.2 Å². The van der Waals surface area contributed by atoms with Crippen molar-refractivity contribution in [2.75, 3.05) is 19.5 Å². The Balaban J connectivity index is 2.18. The smallest absolute Gasteiger partial charge is 0.124 e. The molecule has 0 aliphatic heterocycles. The number of hydrogen-bond donors (Lipinski definition) is 1. The van der Waals surface area contributed by atoms with Gasteiger partial charge in [0, 0.05) is 11.3 Å². The largest absolute Gasteiger partial charge is 0.497 e. The topological polar surface area (TPSA) is 30.5 Å². The minimum Gasteiger partial charge on any atom is -0.497 e. The number of aryl methyl sites for hydroxylation is 1. The van der Waals surface area contributed by atoms with Gasteiger partial charge in [-0.15, -0.1) is 0 Å². The number of anilines is 1. The highest BCUT2D eigenvalue weighted by atomic mass is 16.5. The Labute approximate surface area is 120 Å². The van der Waals surface area contributed by atoms with Crippen LogP contribution < -0.4 is 14.8 Å². The van der Waals surface area contributed by atoms with Crippen molar-refractivity contribution in [1.82, 2.24) is 0 Å². The van der Waals surface area contributed by atoms with Crippen LogP contribution >= 0.6 is 0 Å². The molecule has 0 aromatic heterocycles. The first kappa shape index (κ1) is 14.3. The highest BCUT2D eigenvalue weighted by molar-refractivity contribution is 5.50. The van der Waals surface area contributed by atoms with Gasteiger partial charge >= 0.3 is 0 Å². The summed E-state index contributed by atoms with van der Waals surface area (Å²) in [5, 5.41) is 3.48. The van der Waals surface area contributed by atoms with Crippen molar-refractivity contribution in [3.05, 3.63) is 53.6 Å².